The summed E-state index contributed by atoms with van der Waals surface area (Å²) < 4.78 is 12.4. The molecule has 0 aliphatic rings. The molecule has 0 unspecified atom stereocenters. The van der Waals surface area contributed by atoms with Gasteiger partial charge in [0.1, 0.15) is 5.82 Å². The number of fused-ring (bicyclic) bond motifs is 1. The van der Waals surface area contributed by atoms with Gasteiger partial charge in [0.05, 0.1) is 25.3 Å². The van der Waals surface area contributed by atoms with Gasteiger partial charge < -0.3 is 30.0 Å². The predicted octanol–water partition coefficient (Wildman–Crippen LogP) is 2.76. The summed E-state index contributed by atoms with van der Waals surface area (Å²) in [5.41, 5.74) is 7.50. The molecule has 176 valence electrons. The summed E-state index contributed by atoms with van der Waals surface area (Å²) in [5, 5.41) is 4.52. The molecule has 3 aromatic heterocycles. The fourth-order valence-corrected chi connectivity index (χ4v) is 3.55. The molecule has 0 spiro atoms. The molecule has 0 atom stereocenters. The standard InChI is InChI=1S/C24H27N7O3/c1-30(2)9-10-31-8-7-15-11-18(16-13-26-24(25)27-14-16)29-22(21(15)23(31)32)28-17-5-6-19(33-3)20(12-17)34-4/h5-8,11-14H,9-10H2,1-4H3,(H,28,29)(H2,25,26,27). The molecule has 0 aliphatic heterocycles. The minimum Gasteiger partial charge on any atom is -0.493 e. The van der Waals surface area contributed by atoms with E-state index in [-0.39, 0.29) is 11.5 Å². The Morgan fingerprint density at radius 3 is 2.47 bits per heavy atom. The van der Waals surface area contributed by atoms with Crippen LogP contribution in [0.4, 0.5) is 17.5 Å². The minimum atomic E-state index is -0.130. The molecular weight excluding hydrogens is 434 g/mol. The van der Waals surface area contributed by atoms with Crippen LogP contribution >= 0.6 is 0 Å². The smallest absolute Gasteiger partial charge is 0.262 e. The van der Waals surface area contributed by atoms with E-state index in [4.69, 9.17) is 20.2 Å². The van der Waals surface area contributed by atoms with Gasteiger partial charge in [0.2, 0.25) is 5.95 Å². The molecule has 1 aromatic carbocycles. The summed E-state index contributed by atoms with van der Waals surface area (Å²) in [6.07, 6.45) is 5.02. The van der Waals surface area contributed by atoms with Gasteiger partial charge in [-0.05, 0) is 43.7 Å². The average Bonchev–Trinajstić information content (AvgIpc) is 2.83. The average molecular weight is 462 g/mol. The highest BCUT2D eigenvalue weighted by Crippen LogP contribution is 2.33. The zero-order chi connectivity index (χ0) is 24.2. The Hall–Kier alpha value is -4.18. The lowest BCUT2D eigenvalue weighted by Crippen LogP contribution is -2.26. The van der Waals surface area contributed by atoms with E-state index in [0.29, 0.717) is 46.2 Å². The lowest BCUT2D eigenvalue weighted by molar-refractivity contribution is 0.355. The summed E-state index contributed by atoms with van der Waals surface area (Å²) in [5.74, 6) is 1.76. The topological polar surface area (TPSA) is 120 Å². The fraction of sp³-hybridized carbons (Fsp3) is 0.250. The predicted molar refractivity (Wildman–Crippen MR) is 133 cm³/mol. The number of nitrogens with two attached hydrogens (primary N) is 1. The Morgan fingerprint density at radius 1 is 1.06 bits per heavy atom. The molecule has 0 bridgehead atoms. The van der Waals surface area contributed by atoms with Gasteiger partial charge in [0, 0.05) is 49.0 Å². The van der Waals surface area contributed by atoms with Crippen molar-refractivity contribution in [2.24, 2.45) is 0 Å². The van der Waals surface area contributed by atoms with Crippen LogP contribution in [0.25, 0.3) is 22.0 Å². The molecule has 0 saturated carbocycles. The van der Waals surface area contributed by atoms with E-state index in [9.17, 15) is 4.79 Å². The van der Waals surface area contributed by atoms with E-state index in [1.54, 1.807) is 49.5 Å². The van der Waals surface area contributed by atoms with Crippen molar-refractivity contribution in [2.75, 3.05) is 45.9 Å². The van der Waals surface area contributed by atoms with E-state index in [2.05, 4.69) is 15.3 Å². The Bertz CT molecular complexity index is 1370. The second-order valence-corrected chi connectivity index (χ2v) is 7.96. The summed E-state index contributed by atoms with van der Waals surface area (Å²) in [7, 11) is 7.09. The van der Waals surface area contributed by atoms with Crippen LogP contribution in [-0.4, -0.2) is 59.3 Å². The Balaban J connectivity index is 1.87. The minimum absolute atomic E-state index is 0.130. The van der Waals surface area contributed by atoms with Gasteiger partial charge in [0.15, 0.2) is 11.5 Å². The maximum atomic E-state index is 13.4. The second-order valence-electron chi connectivity index (χ2n) is 7.96. The van der Waals surface area contributed by atoms with Crippen molar-refractivity contribution in [3.05, 3.63) is 59.3 Å². The highest BCUT2D eigenvalue weighted by molar-refractivity contribution is 5.95. The first-order chi connectivity index (χ1) is 16.4. The molecule has 10 heteroatoms. The van der Waals surface area contributed by atoms with Crippen molar-refractivity contribution in [1.29, 1.82) is 0 Å². The fourth-order valence-electron chi connectivity index (χ4n) is 3.55. The van der Waals surface area contributed by atoms with Crippen molar-refractivity contribution in [2.45, 2.75) is 6.54 Å². The van der Waals surface area contributed by atoms with Gasteiger partial charge in [-0.2, -0.15) is 0 Å². The number of nitrogens with zero attached hydrogens (tertiary/aromatic N) is 5. The highest BCUT2D eigenvalue weighted by atomic mass is 16.5. The summed E-state index contributed by atoms with van der Waals surface area (Å²) in [6.45, 7) is 1.29. The molecule has 34 heavy (non-hydrogen) atoms. The molecule has 3 N–H and O–H groups in total. The van der Waals surface area contributed by atoms with Crippen molar-refractivity contribution in [1.82, 2.24) is 24.4 Å². The van der Waals surface area contributed by atoms with Gasteiger partial charge >= 0.3 is 0 Å². The molecule has 4 aromatic rings. The molecule has 0 fully saturated rings. The van der Waals surface area contributed by atoms with E-state index in [1.165, 1.54) is 0 Å². The van der Waals surface area contributed by atoms with Gasteiger partial charge in [0.25, 0.3) is 5.56 Å². The molecule has 0 saturated heterocycles. The first-order valence-corrected chi connectivity index (χ1v) is 10.7. The summed E-state index contributed by atoms with van der Waals surface area (Å²) >= 11 is 0. The summed E-state index contributed by atoms with van der Waals surface area (Å²) in [6, 6.07) is 9.17. The summed E-state index contributed by atoms with van der Waals surface area (Å²) in [4.78, 5) is 28.4. The number of methoxy groups -OCH3 is 2. The number of benzene rings is 1. The number of hydrogen-bond acceptors (Lipinski definition) is 9. The zero-order valence-corrected chi connectivity index (χ0v) is 19.6. The zero-order valence-electron chi connectivity index (χ0n) is 19.6. The maximum Gasteiger partial charge on any atom is 0.262 e. The number of pyridine rings is 2. The van der Waals surface area contributed by atoms with E-state index in [0.717, 1.165) is 11.9 Å². The Labute approximate surface area is 197 Å². The van der Waals surface area contributed by atoms with Crippen LogP contribution in [0.5, 0.6) is 11.5 Å². The monoisotopic (exact) mass is 461 g/mol. The molecule has 3 heterocycles. The first-order valence-electron chi connectivity index (χ1n) is 10.7. The third-order valence-electron chi connectivity index (χ3n) is 5.36. The van der Waals surface area contributed by atoms with Crippen LogP contribution < -0.4 is 26.1 Å². The number of hydrogen-bond donors (Lipinski definition) is 2. The van der Waals surface area contributed by atoms with Crippen LogP contribution in [0, 0.1) is 0 Å². The number of aromatic nitrogens is 4. The normalized spacial score (nSPS) is 11.1. The number of ether oxygens (including phenoxy) is 2. The van der Waals surface area contributed by atoms with Crippen LogP contribution in [0.15, 0.2) is 53.7 Å². The maximum absolute atomic E-state index is 13.4. The molecular formula is C24H27N7O3. The van der Waals surface area contributed by atoms with E-state index in [1.807, 2.05) is 37.2 Å². The molecule has 0 amide bonds. The lowest BCUT2D eigenvalue weighted by Gasteiger charge is -2.15. The molecule has 0 radical (unpaired) electrons. The van der Waals surface area contributed by atoms with Crippen LogP contribution in [0.1, 0.15) is 0 Å². The van der Waals surface area contributed by atoms with Crippen molar-refractivity contribution in [3.63, 3.8) is 0 Å². The number of anilines is 3. The highest BCUT2D eigenvalue weighted by Gasteiger charge is 2.15. The molecule has 10 nitrogen and oxygen atoms in total. The molecule has 4 rings (SSSR count). The first kappa shape index (κ1) is 23.0. The van der Waals surface area contributed by atoms with Gasteiger partial charge in [-0.25, -0.2) is 15.0 Å². The van der Waals surface area contributed by atoms with Crippen molar-refractivity contribution >= 4 is 28.2 Å². The van der Waals surface area contributed by atoms with Crippen LogP contribution in [0.3, 0.4) is 0 Å². The number of likely N-dealkylation sites (N-methyl/N-ethyl adjacent to an activating group) is 1. The number of rotatable bonds is 8. The Kier molecular flexibility index (Phi) is 6.60. The number of nitrogen functional groups attached to an aromatic ring is 1. The van der Waals surface area contributed by atoms with Crippen molar-refractivity contribution < 1.29 is 9.47 Å². The third-order valence-corrected chi connectivity index (χ3v) is 5.36. The largest absolute Gasteiger partial charge is 0.493 e. The van der Waals surface area contributed by atoms with Crippen molar-refractivity contribution in [3.8, 4) is 22.8 Å². The van der Waals surface area contributed by atoms with Crippen LogP contribution in [-0.2, 0) is 6.54 Å². The third kappa shape index (κ3) is 4.76. The van der Waals surface area contributed by atoms with Gasteiger partial charge in [-0.15, -0.1) is 0 Å². The lowest BCUT2D eigenvalue weighted by atomic mass is 10.1. The molecule has 0 aliphatic carbocycles. The quantitative estimate of drug-likeness (QED) is 0.408. The van der Waals surface area contributed by atoms with E-state index < -0.39 is 0 Å². The second kappa shape index (κ2) is 9.75. The van der Waals surface area contributed by atoms with Gasteiger partial charge in [-0.3, -0.25) is 4.79 Å². The van der Waals surface area contributed by atoms with E-state index >= 15 is 0 Å². The SMILES string of the molecule is COc1ccc(Nc2nc(-c3cnc(N)nc3)cc3ccn(CCN(C)C)c(=O)c23)cc1OC. The van der Waals surface area contributed by atoms with Gasteiger partial charge in [-0.1, -0.05) is 0 Å². The van der Waals surface area contributed by atoms with Crippen LogP contribution in [0.2, 0.25) is 0 Å². The Morgan fingerprint density at radius 2 is 1.79 bits per heavy atom. The number of nitrogens with one attached hydrogen (secondary N) is 1.